The van der Waals surface area contributed by atoms with E-state index in [-0.39, 0.29) is 24.7 Å². The molecular weight excluding hydrogens is 458 g/mol. The van der Waals surface area contributed by atoms with E-state index in [1.54, 1.807) is 6.20 Å². The summed E-state index contributed by atoms with van der Waals surface area (Å²) in [4.78, 5) is 26.9. The summed E-state index contributed by atoms with van der Waals surface area (Å²) < 4.78 is 12.2. The average Bonchev–Trinajstić information content (AvgIpc) is 3.11. The van der Waals surface area contributed by atoms with Crippen LogP contribution in [0, 0.1) is 0 Å². The Labute approximate surface area is 193 Å². The van der Waals surface area contributed by atoms with Crippen LogP contribution in [0.3, 0.4) is 0 Å². The first-order valence-corrected chi connectivity index (χ1v) is 10.3. The van der Waals surface area contributed by atoms with Gasteiger partial charge in [0, 0.05) is 18.8 Å². The maximum Gasteiger partial charge on any atom is 0.419 e. The van der Waals surface area contributed by atoms with Gasteiger partial charge in [0.1, 0.15) is 11.9 Å². The van der Waals surface area contributed by atoms with E-state index in [1.807, 2.05) is 25.1 Å². The van der Waals surface area contributed by atoms with E-state index in [4.69, 9.17) is 46.9 Å². The molecule has 33 heavy (non-hydrogen) atoms. The van der Waals surface area contributed by atoms with E-state index in [0.717, 1.165) is 5.69 Å². The van der Waals surface area contributed by atoms with Crippen LogP contribution in [0.25, 0.3) is 11.1 Å². The molecule has 0 aliphatic rings. The van der Waals surface area contributed by atoms with Crippen molar-refractivity contribution in [1.82, 2.24) is 9.55 Å². The van der Waals surface area contributed by atoms with Crippen LogP contribution in [0.4, 0.5) is 0 Å². The second kappa shape index (κ2) is 11.8. The van der Waals surface area contributed by atoms with E-state index in [9.17, 15) is 9.59 Å². The van der Waals surface area contributed by atoms with Gasteiger partial charge in [-0.1, -0.05) is 17.7 Å². The Hall–Kier alpha value is -2.96. The number of carboxylic acids is 1. The van der Waals surface area contributed by atoms with Crippen molar-refractivity contribution in [3.05, 3.63) is 57.8 Å². The summed E-state index contributed by atoms with van der Waals surface area (Å²) in [6, 6.07) is 8.55. The molecule has 180 valence electrons. The highest BCUT2D eigenvalue weighted by Gasteiger charge is 2.21. The number of aliphatic hydroxyl groups excluding tert-OH is 3. The lowest BCUT2D eigenvalue weighted by Gasteiger charge is -2.20. The van der Waals surface area contributed by atoms with Crippen LogP contribution in [0.1, 0.15) is 25.1 Å². The zero-order chi connectivity index (χ0) is 24.6. The van der Waals surface area contributed by atoms with Gasteiger partial charge in [-0.2, -0.15) is 0 Å². The summed E-state index contributed by atoms with van der Waals surface area (Å²) in [7, 11) is 0. The molecule has 2 aromatic heterocycles. The molecule has 11 nitrogen and oxygen atoms in total. The van der Waals surface area contributed by atoms with Gasteiger partial charge in [-0.15, -0.1) is 0 Å². The molecule has 0 spiro atoms. The predicted molar refractivity (Wildman–Crippen MR) is 119 cm³/mol. The first-order valence-electron chi connectivity index (χ1n) is 9.88. The molecule has 0 fully saturated rings. The number of carbonyl (C=O) groups is 1. The number of rotatable bonds is 9. The first-order chi connectivity index (χ1) is 15.6. The van der Waals surface area contributed by atoms with Crippen molar-refractivity contribution in [2.24, 2.45) is 5.73 Å². The van der Waals surface area contributed by atoms with Gasteiger partial charge in [-0.05, 0) is 25.1 Å². The van der Waals surface area contributed by atoms with Crippen LogP contribution in [-0.2, 0) is 11.3 Å². The van der Waals surface area contributed by atoms with Crippen molar-refractivity contribution in [3.8, 4) is 5.75 Å². The third kappa shape index (κ3) is 7.01. The number of aliphatic carboxylic acids is 1. The lowest BCUT2D eigenvalue weighted by atomic mass is 10.1. The number of halogens is 1. The molecule has 6 N–H and O–H groups in total. The van der Waals surface area contributed by atoms with Crippen LogP contribution in [0.2, 0.25) is 5.02 Å². The largest absolute Gasteiger partial charge is 0.483 e. The van der Waals surface area contributed by atoms with Gasteiger partial charge in [0.25, 0.3) is 0 Å². The number of ether oxygens (including phenoxy) is 1. The molecule has 12 heteroatoms. The number of aromatic nitrogens is 2. The molecule has 0 radical (unpaired) electrons. The monoisotopic (exact) mass is 483 g/mol. The summed E-state index contributed by atoms with van der Waals surface area (Å²) in [6.45, 7) is 0.624. The van der Waals surface area contributed by atoms with Gasteiger partial charge >= 0.3 is 11.7 Å². The molecule has 0 unspecified atom stereocenters. The van der Waals surface area contributed by atoms with Gasteiger partial charge in [0.15, 0.2) is 5.58 Å². The maximum atomic E-state index is 11.9. The fourth-order valence-electron chi connectivity index (χ4n) is 2.59. The topological polar surface area (TPSA) is 181 Å². The molecule has 0 bridgehead atoms. The summed E-state index contributed by atoms with van der Waals surface area (Å²) >= 11 is 6.26. The predicted octanol–water partition coefficient (Wildman–Crippen LogP) is 0.918. The number of hydrogen-bond donors (Lipinski definition) is 5. The van der Waals surface area contributed by atoms with Crippen LogP contribution in [0.15, 0.2) is 45.7 Å². The highest BCUT2D eigenvalue weighted by atomic mass is 35.5. The summed E-state index contributed by atoms with van der Waals surface area (Å²) in [6.07, 6.45) is 1.12. The van der Waals surface area contributed by atoms with Crippen molar-refractivity contribution in [3.63, 3.8) is 0 Å². The van der Waals surface area contributed by atoms with E-state index in [0.29, 0.717) is 16.3 Å². The van der Waals surface area contributed by atoms with Crippen LogP contribution >= 0.6 is 11.6 Å². The summed E-state index contributed by atoms with van der Waals surface area (Å²) in [5.74, 6) is -1.29. The molecule has 3 aromatic rings. The third-order valence-electron chi connectivity index (χ3n) is 4.62. The smallest absolute Gasteiger partial charge is 0.419 e. The number of carboxylic acid groups (broad SMARTS) is 1. The van der Waals surface area contributed by atoms with Gasteiger partial charge in [0.2, 0.25) is 0 Å². The Kier molecular flexibility index (Phi) is 9.38. The SMILES string of the molecule is C[C@@H](Oc1cc2oc(=O)n(CCC(=O)O)c2cc1Cl)c1ccccn1.NC(CO)(CO)CO. The van der Waals surface area contributed by atoms with Gasteiger partial charge in [-0.3, -0.25) is 14.3 Å². The minimum atomic E-state index is -1.21. The minimum absolute atomic E-state index is 0.00202. The third-order valence-corrected chi connectivity index (χ3v) is 4.92. The van der Waals surface area contributed by atoms with Gasteiger partial charge < -0.3 is 35.3 Å². The molecule has 0 aliphatic heterocycles. The highest BCUT2D eigenvalue weighted by Crippen LogP contribution is 2.32. The molecule has 0 amide bonds. The number of pyridine rings is 1. The number of fused-ring (bicyclic) bond motifs is 1. The van der Waals surface area contributed by atoms with Crippen molar-refractivity contribution in [2.75, 3.05) is 19.8 Å². The molecule has 0 aliphatic carbocycles. The van der Waals surface area contributed by atoms with Crippen molar-refractivity contribution < 1.29 is 34.4 Å². The van der Waals surface area contributed by atoms with Gasteiger partial charge in [-0.25, -0.2) is 4.79 Å². The average molecular weight is 484 g/mol. The van der Waals surface area contributed by atoms with Crippen LogP contribution in [-0.4, -0.2) is 61.3 Å². The molecular formula is C21H26ClN3O8. The Morgan fingerprint density at radius 2 is 1.94 bits per heavy atom. The van der Waals surface area contributed by atoms with Crippen molar-refractivity contribution in [1.29, 1.82) is 0 Å². The minimum Gasteiger partial charge on any atom is -0.483 e. The number of nitrogens with zero attached hydrogens (tertiary/aromatic N) is 2. The number of aryl methyl sites for hydroxylation is 1. The molecule has 0 saturated heterocycles. The Bertz CT molecular complexity index is 1100. The fourth-order valence-corrected chi connectivity index (χ4v) is 2.79. The summed E-state index contributed by atoms with van der Waals surface area (Å²) in [5.41, 5.74) is 5.38. The quantitative estimate of drug-likeness (QED) is 0.293. The number of aliphatic hydroxyl groups is 3. The Balaban J connectivity index is 0.000000414. The number of nitrogens with two attached hydrogens (primary N) is 1. The number of hydrogen-bond acceptors (Lipinski definition) is 9. The lowest BCUT2D eigenvalue weighted by Crippen LogP contribution is -2.50. The Morgan fingerprint density at radius 1 is 1.27 bits per heavy atom. The molecule has 1 aromatic carbocycles. The zero-order valence-electron chi connectivity index (χ0n) is 17.8. The normalized spacial score (nSPS) is 12.2. The van der Waals surface area contributed by atoms with Crippen LogP contribution in [0.5, 0.6) is 5.75 Å². The number of benzene rings is 1. The van der Waals surface area contributed by atoms with Crippen molar-refractivity contribution >= 4 is 28.7 Å². The van der Waals surface area contributed by atoms with Crippen LogP contribution < -0.4 is 16.2 Å². The van der Waals surface area contributed by atoms with E-state index < -0.39 is 37.1 Å². The molecule has 0 saturated carbocycles. The Morgan fingerprint density at radius 3 is 2.45 bits per heavy atom. The van der Waals surface area contributed by atoms with E-state index >= 15 is 0 Å². The molecule has 1 atom stereocenters. The number of oxazole rings is 1. The first kappa shape index (κ1) is 26.3. The molecule has 2 heterocycles. The lowest BCUT2D eigenvalue weighted by molar-refractivity contribution is -0.137. The maximum absolute atomic E-state index is 11.9. The second-order valence-electron chi connectivity index (χ2n) is 7.27. The highest BCUT2D eigenvalue weighted by molar-refractivity contribution is 6.32. The van der Waals surface area contributed by atoms with Gasteiger partial charge in [0.05, 0.1) is 48.0 Å². The summed E-state index contributed by atoms with van der Waals surface area (Å²) in [5, 5.41) is 34.1. The van der Waals surface area contributed by atoms with E-state index in [2.05, 4.69) is 4.98 Å². The van der Waals surface area contributed by atoms with E-state index in [1.165, 1.54) is 16.7 Å². The second-order valence-corrected chi connectivity index (χ2v) is 7.67. The fraction of sp³-hybridized carbons (Fsp3) is 0.381. The standard InChI is InChI=1S/C17H15ClN2O5.C4H11NO3/c1-10(12-4-2-3-6-19-12)24-14-9-15-13(8-11(14)18)20(17(23)25-15)7-5-16(21)22;5-4(1-6,2-7)3-8/h2-4,6,8-10H,5,7H2,1H3,(H,21,22);6-8H,1-3,5H2/t10-;/m1./s1. The molecule has 3 rings (SSSR count). The van der Waals surface area contributed by atoms with Crippen molar-refractivity contribution in [2.45, 2.75) is 31.5 Å². The zero-order valence-corrected chi connectivity index (χ0v) is 18.6.